The normalized spacial score (nSPS) is 13.2. The number of rotatable bonds is 22. The van der Waals surface area contributed by atoms with Crippen molar-refractivity contribution in [1.29, 1.82) is 0 Å². The molecule has 350 valence electrons. The van der Waals surface area contributed by atoms with Crippen molar-refractivity contribution in [1.82, 2.24) is 30.8 Å². The summed E-state index contributed by atoms with van der Waals surface area (Å²) in [6.45, 7) is 6.04. The molecule has 0 bridgehead atoms. The van der Waals surface area contributed by atoms with Crippen LogP contribution >= 0.6 is 0 Å². The molecule has 2 heterocycles. The fourth-order valence-corrected chi connectivity index (χ4v) is 5.98. The highest BCUT2D eigenvalue weighted by molar-refractivity contribution is 6.13. The Morgan fingerprint density at radius 1 is 0.862 bits per heavy atom. The smallest absolute Gasteiger partial charge is 0.467 e. The van der Waals surface area contributed by atoms with E-state index in [0.29, 0.717) is 4.90 Å². The third-order valence-corrected chi connectivity index (χ3v) is 9.47. The van der Waals surface area contributed by atoms with Crippen molar-refractivity contribution in [2.24, 2.45) is 5.92 Å². The van der Waals surface area contributed by atoms with E-state index in [1.807, 2.05) is 0 Å². The molecule has 0 saturated carbocycles. The number of fused-ring (bicyclic) bond motifs is 1. The summed E-state index contributed by atoms with van der Waals surface area (Å²) >= 11 is 0. The first-order valence-electron chi connectivity index (χ1n) is 20.1. The summed E-state index contributed by atoms with van der Waals surface area (Å²) in [4.78, 5) is 119. The second-order valence-corrected chi connectivity index (χ2v) is 15.1. The molecule has 23 heteroatoms. The number of carbonyl (C=O) groups excluding carboxylic acids is 8. The lowest BCUT2D eigenvalue weighted by Gasteiger charge is -2.26. The number of amides is 7. The molecule has 0 saturated heterocycles. The maximum atomic E-state index is 13.8. The summed E-state index contributed by atoms with van der Waals surface area (Å²) in [6, 6.07) is 7.12. The lowest BCUT2D eigenvalue weighted by Crippen LogP contribution is -2.42. The Bertz CT molecular complexity index is 2350. The molecule has 1 atom stereocenters. The molecule has 65 heavy (non-hydrogen) atoms. The number of anilines is 2. The first-order chi connectivity index (χ1) is 30.6. The van der Waals surface area contributed by atoms with Crippen LogP contribution in [-0.4, -0.2) is 120 Å². The van der Waals surface area contributed by atoms with Gasteiger partial charge in [-0.3, -0.25) is 53.6 Å². The van der Waals surface area contributed by atoms with Crippen molar-refractivity contribution in [3.8, 4) is 0 Å². The van der Waals surface area contributed by atoms with Gasteiger partial charge in [0.1, 0.15) is 6.04 Å². The van der Waals surface area contributed by atoms with Crippen molar-refractivity contribution < 1.29 is 65.7 Å². The van der Waals surface area contributed by atoms with Crippen LogP contribution in [0.25, 0.3) is 10.9 Å². The molecule has 1 aliphatic heterocycles. The topological polar surface area (TPSA) is 265 Å². The molecule has 7 amide bonds. The summed E-state index contributed by atoms with van der Waals surface area (Å²) < 4.78 is 57.5. The summed E-state index contributed by atoms with van der Waals surface area (Å²) in [5, 5.41) is 10.1. The minimum atomic E-state index is -5.31. The molecular formula is C42H49F3N8O12. The van der Waals surface area contributed by atoms with Gasteiger partial charge in [-0.15, -0.1) is 0 Å². The number of hydrogen-bond donors (Lipinski definition) is 5. The molecule has 1 aliphatic rings. The molecule has 20 nitrogen and oxygen atoms in total. The Morgan fingerprint density at radius 3 is 2.03 bits per heavy atom. The number of nitrogens with zero attached hydrogens (tertiary/aromatic N) is 3. The van der Waals surface area contributed by atoms with E-state index in [4.69, 9.17) is 14.2 Å². The SMILES string of the molecule is COC(=O)[C@H](CCC(=O)NCCOC(C)(C)OCCNC(=O)CCN1C(=O)C=CC1=O)NC(=O)c1ccc(N(Cc2ccc3nc(NC(=O)C(C)C)[nH]c(=O)c3c2)C(=O)C(F)(F)F)cc1. The molecule has 3 aromatic rings. The largest absolute Gasteiger partial charge is 0.471 e. The summed E-state index contributed by atoms with van der Waals surface area (Å²) in [7, 11) is 1.07. The number of aromatic amines is 1. The lowest BCUT2D eigenvalue weighted by molar-refractivity contribution is -0.211. The van der Waals surface area contributed by atoms with Crippen molar-refractivity contribution in [2.75, 3.05) is 50.2 Å². The average Bonchev–Trinajstić information content (AvgIpc) is 3.58. The van der Waals surface area contributed by atoms with Crippen LogP contribution in [0.1, 0.15) is 62.9 Å². The molecule has 2 aromatic carbocycles. The van der Waals surface area contributed by atoms with Crippen molar-refractivity contribution in [3.63, 3.8) is 0 Å². The number of benzene rings is 2. The second kappa shape index (κ2) is 22.6. The number of esters is 1. The van der Waals surface area contributed by atoms with E-state index in [1.165, 1.54) is 18.2 Å². The zero-order valence-corrected chi connectivity index (χ0v) is 36.1. The van der Waals surface area contributed by atoms with Crippen molar-refractivity contribution in [3.05, 3.63) is 76.1 Å². The number of nitrogens with one attached hydrogen (secondary N) is 5. The molecule has 0 aliphatic carbocycles. The number of hydrogen-bond acceptors (Lipinski definition) is 13. The van der Waals surface area contributed by atoms with E-state index in [1.54, 1.807) is 27.7 Å². The highest BCUT2D eigenvalue weighted by Crippen LogP contribution is 2.27. The molecular weight excluding hydrogens is 865 g/mol. The number of imide groups is 1. The zero-order chi connectivity index (χ0) is 48.1. The highest BCUT2D eigenvalue weighted by atomic mass is 19.4. The standard InChI is InChI=1S/C42H49F3N8O12/c1-24(2)35(58)50-40-49-29-11-6-25(22-28(29)37(60)51-40)23-53(39(62)42(43,44)45)27-9-7-26(8-10-27)36(59)48-30(38(61)63-5)12-13-31(54)46-17-20-64-41(3,4)65-21-18-47-32(55)16-19-52-33(56)14-15-34(52)57/h6-11,14-15,22,24,30H,12-13,16-21,23H2,1-5H3,(H,46,54)(H,47,55)(H,48,59)(H2,49,50,51,58,60)/t30-/m0/s1. The van der Waals surface area contributed by atoms with Crippen LogP contribution in [0.15, 0.2) is 59.4 Å². The lowest BCUT2D eigenvalue weighted by atomic mass is 10.1. The molecule has 5 N–H and O–H groups in total. The maximum absolute atomic E-state index is 13.8. The zero-order valence-electron chi connectivity index (χ0n) is 36.1. The van der Waals surface area contributed by atoms with E-state index in [-0.39, 0.29) is 91.7 Å². The summed E-state index contributed by atoms with van der Waals surface area (Å²) in [5.74, 6) is -7.85. The van der Waals surface area contributed by atoms with Gasteiger partial charge in [0.05, 0.1) is 37.8 Å². The third-order valence-electron chi connectivity index (χ3n) is 9.47. The van der Waals surface area contributed by atoms with E-state index in [9.17, 15) is 56.3 Å². The predicted molar refractivity (Wildman–Crippen MR) is 225 cm³/mol. The fourth-order valence-electron chi connectivity index (χ4n) is 5.98. The Balaban J connectivity index is 1.27. The number of halogens is 3. The van der Waals surface area contributed by atoms with Crippen LogP contribution in [0.5, 0.6) is 0 Å². The number of H-pyrrole nitrogens is 1. The van der Waals surface area contributed by atoms with Gasteiger partial charge in [0, 0.05) is 61.8 Å². The Hall–Kier alpha value is -7.01. The number of alkyl halides is 3. The molecule has 0 radical (unpaired) electrons. The van der Waals surface area contributed by atoms with Crippen molar-refractivity contribution in [2.45, 2.75) is 71.5 Å². The third kappa shape index (κ3) is 15.1. The van der Waals surface area contributed by atoms with Crippen LogP contribution < -0.4 is 31.7 Å². The van der Waals surface area contributed by atoms with Gasteiger partial charge >= 0.3 is 18.1 Å². The van der Waals surface area contributed by atoms with Crippen LogP contribution in [-0.2, 0) is 54.3 Å². The summed E-state index contributed by atoms with van der Waals surface area (Å²) in [6.07, 6.45) is -3.56. The molecule has 0 fully saturated rings. The van der Waals surface area contributed by atoms with Gasteiger partial charge in [0.2, 0.25) is 23.7 Å². The quantitative estimate of drug-likeness (QED) is 0.0419. The van der Waals surface area contributed by atoms with Crippen LogP contribution in [0.2, 0.25) is 0 Å². The van der Waals surface area contributed by atoms with Crippen LogP contribution in [0, 0.1) is 5.92 Å². The van der Waals surface area contributed by atoms with Gasteiger partial charge in [0.25, 0.3) is 23.3 Å². The van der Waals surface area contributed by atoms with Crippen LogP contribution in [0.4, 0.5) is 24.8 Å². The fraction of sp³-hybridized carbons (Fsp3) is 0.429. The number of ether oxygens (including phenoxy) is 3. The molecule has 4 rings (SSSR count). The number of carbonyl (C=O) groups is 8. The van der Waals surface area contributed by atoms with Gasteiger partial charge in [-0.1, -0.05) is 19.9 Å². The first kappa shape index (κ1) is 50.6. The number of methoxy groups -OCH3 is 1. The van der Waals surface area contributed by atoms with E-state index < -0.39 is 77.4 Å². The van der Waals surface area contributed by atoms with Gasteiger partial charge < -0.3 is 35.1 Å². The first-order valence-corrected chi connectivity index (χ1v) is 20.1. The van der Waals surface area contributed by atoms with Crippen LogP contribution in [0.3, 0.4) is 0 Å². The Kier molecular flexibility index (Phi) is 17.6. The monoisotopic (exact) mass is 914 g/mol. The predicted octanol–water partition coefficient (Wildman–Crippen LogP) is 1.98. The van der Waals surface area contributed by atoms with Gasteiger partial charge in [-0.2, -0.15) is 13.2 Å². The second-order valence-electron chi connectivity index (χ2n) is 15.1. The Labute approximate surface area is 369 Å². The number of aromatic nitrogens is 2. The highest BCUT2D eigenvalue weighted by Gasteiger charge is 2.43. The average molecular weight is 915 g/mol. The Morgan fingerprint density at radius 2 is 1.46 bits per heavy atom. The van der Waals surface area contributed by atoms with E-state index >= 15 is 0 Å². The van der Waals surface area contributed by atoms with Crippen molar-refractivity contribution >= 4 is 69.9 Å². The molecule has 0 unspecified atom stereocenters. The van der Waals surface area contributed by atoms with E-state index in [2.05, 4.69) is 31.2 Å². The maximum Gasteiger partial charge on any atom is 0.471 e. The van der Waals surface area contributed by atoms with Gasteiger partial charge in [-0.05, 0) is 62.2 Å². The van der Waals surface area contributed by atoms with Gasteiger partial charge in [0.15, 0.2) is 5.79 Å². The van der Waals surface area contributed by atoms with E-state index in [0.717, 1.165) is 48.4 Å². The molecule has 1 aromatic heterocycles. The summed E-state index contributed by atoms with van der Waals surface area (Å²) in [5.41, 5.74) is -0.794. The van der Waals surface area contributed by atoms with Gasteiger partial charge in [-0.25, -0.2) is 9.78 Å². The minimum absolute atomic E-state index is 0.0111. The minimum Gasteiger partial charge on any atom is -0.467 e. The molecule has 0 spiro atoms.